The number of fused-ring (bicyclic) bond motifs is 2. The number of nitrogens with one attached hydrogen (secondary N) is 1. The van der Waals surface area contributed by atoms with Crippen LogP contribution in [0.3, 0.4) is 0 Å². The summed E-state index contributed by atoms with van der Waals surface area (Å²) in [7, 11) is 3.14. The first-order valence-electron chi connectivity index (χ1n) is 8.10. The number of hydrogen-bond donors (Lipinski definition) is 2. The van der Waals surface area contributed by atoms with E-state index < -0.39 is 30.0 Å². The average molecular weight is 347 g/mol. The minimum Gasteiger partial charge on any atom is -0.493 e. The fraction of sp³-hybridized carbons (Fsp3) is 0.444. The zero-order valence-electron chi connectivity index (χ0n) is 14.1. The van der Waals surface area contributed by atoms with Gasteiger partial charge in [-0.05, 0) is 24.1 Å². The molecule has 2 bridgehead atoms. The molecule has 3 rings (SSSR count). The number of methoxy groups -OCH3 is 2. The third-order valence-corrected chi connectivity index (χ3v) is 4.65. The van der Waals surface area contributed by atoms with Crippen LogP contribution in [0, 0.1) is 11.8 Å². The normalized spacial score (nSPS) is 26.5. The molecule has 7 nitrogen and oxygen atoms in total. The van der Waals surface area contributed by atoms with Gasteiger partial charge in [-0.3, -0.25) is 9.59 Å². The van der Waals surface area contributed by atoms with Crippen molar-refractivity contribution in [2.75, 3.05) is 20.8 Å². The summed E-state index contributed by atoms with van der Waals surface area (Å²) in [6.07, 6.45) is 3.12. The van der Waals surface area contributed by atoms with Gasteiger partial charge < -0.3 is 24.6 Å². The first-order chi connectivity index (χ1) is 12.0. The van der Waals surface area contributed by atoms with Gasteiger partial charge in [0, 0.05) is 6.54 Å². The van der Waals surface area contributed by atoms with Gasteiger partial charge in [0.2, 0.25) is 5.91 Å². The van der Waals surface area contributed by atoms with Gasteiger partial charge in [-0.2, -0.15) is 0 Å². The first kappa shape index (κ1) is 17.3. The molecule has 0 aromatic heterocycles. The molecule has 25 heavy (non-hydrogen) atoms. The highest BCUT2D eigenvalue weighted by Crippen LogP contribution is 2.39. The maximum absolute atomic E-state index is 12.4. The lowest BCUT2D eigenvalue weighted by atomic mass is 9.82. The topological polar surface area (TPSA) is 94.1 Å². The number of carboxylic acids is 1. The molecule has 0 saturated carbocycles. The number of carbonyl (C=O) groups is 2. The molecule has 1 aromatic rings. The van der Waals surface area contributed by atoms with E-state index in [0.717, 1.165) is 5.56 Å². The lowest BCUT2D eigenvalue weighted by Crippen LogP contribution is -2.43. The Morgan fingerprint density at radius 2 is 1.80 bits per heavy atom. The van der Waals surface area contributed by atoms with Crippen LogP contribution >= 0.6 is 0 Å². The molecule has 0 radical (unpaired) electrons. The Hall–Kier alpha value is -2.54. The smallest absolute Gasteiger partial charge is 0.310 e. The highest BCUT2D eigenvalue weighted by Gasteiger charge is 2.53. The van der Waals surface area contributed by atoms with Gasteiger partial charge in [0.25, 0.3) is 0 Å². The standard InChI is InChI=1S/C18H21NO6/c1-23-11-4-3-10(9-14(11)24-2)7-8-19-17(20)15-12-5-6-13(25-12)16(15)18(21)22/h3-6,9,12-13,15-16H,7-8H2,1-2H3,(H,19,20)(H,21,22)/t12-,13-,15+,16+/m1/s1. The van der Waals surface area contributed by atoms with Crippen molar-refractivity contribution in [1.29, 1.82) is 0 Å². The maximum atomic E-state index is 12.4. The molecule has 1 amide bonds. The zero-order chi connectivity index (χ0) is 18.0. The zero-order valence-corrected chi connectivity index (χ0v) is 14.1. The monoisotopic (exact) mass is 347 g/mol. The Morgan fingerprint density at radius 1 is 1.12 bits per heavy atom. The molecule has 4 atom stereocenters. The van der Waals surface area contributed by atoms with Crippen LogP contribution in [0.2, 0.25) is 0 Å². The van der Waals surface area contributed by atoms with Crippen molar-refractivity contribution in [1.82, 2.24) is 5.32 Å². The second-order valence-electron chi connectivity index (χ2n) is 6.07. The molecule has 1 saturated heterocycles. The molecule has 0 unspecified atom stereocenters. The number of amides is 1. The lowest BCUT2D eigenvalue weighted by molar-refractivity contribution is -0.146. The van der Waals surface area contributed by atoms with Crippen LogP contribution in [0.4, 0.5) is 0 Å². The molecule has 1 fully saturated rings. The van der Waals surface area contributed by atoms with Crippen molar-refractivity contribution in [2.24, 2.45) is 11.8 Å². The van der Waals surface area contributed by atoms with E-state index in [4.69, 9.17) is 14.2 Å². The summed E-state index contributed by atoms with van der Waals surface area (Å²) < 4.78 is 16.0. The van der Waals surface area contributed by atoms with Crippen molar-refractivity contribution in [3.05, 3.63) is 35.9 Å². The summed E-state index contributed by atoms with van der Waals surface area (Å²) in [6.45, 7) is 0.401. The SMILES string of the molecule is COc1ccc(CCNC(=O)[C@@H]2[C@@H](C(=O)O)[C@H]3C=C[C@H]2O3)cc1OC. The van der Waals surface area contributed by atoms with E-state index in [9.17, 15) is 14.7 Å². The molecule has 0 spiro atoms. The number of benzene rings is 1. The molecule has 2 heterocycles. The molecule has 134 valence electrons. The van der Waals surface area contributed by atoms with Crippen LogP contribution in [-0.4, -0.2) is 50.0 Å². The highest BCUT2D eigenvalue weighted by atomic mass is 16.5. The van der Waals surface area contributed by atoms with E-state index in [0.29, 0.717) is 24.5 Å². The van der Waals surface area contributed by atoms with Crippen LogP contribution in [-0.2, 0) is 20.7 Å². The van der Waals surface area contributed by atoms with E-state index in [1.54, 1.807) is 26.4 Å². The Balaban J connectivity index is 1.58. The second kappa shape index (κ2) is 7.14. The Kier molecular flexibility index (Phi) is 4.94. The predicted molar refractivity (Wildman–Crippen MR) is 88.7 cm³/mol. The lowest BCUT2D eigenvalue weighted by Gasteiger charge is -2.21. The van der Waals surface area contributed by atoms with Crippen LogP contribution in [0.15, 0.2) is 30.4 Å². The molecule has 2 aliphatic heterocycles. The quantitative estimate of drug-likeness (QED) is 0.715. The molecule has 2 aliphatic rings. The summed E-state index contributed by atoms with van der Waals surface area (Å²) in [5.74, 6) is -1.52. The number of aliphatic carboxylic acids is 1. The van der Waals surface area contributed by atoms with Gasteiger partial charge >= 0.3 is 5.97 Å². The van der Waals surface area contributed by atoms with Gasteiger partial charge in [0.15, 0.2) is 11.5 Å². The highest BCUT2D eigenvalue weighted by molar-refractivity contribution is 5.87. The van der Waals surface area contributed by atoms with Crippen LogP contribution in [0.25, 0.3) is 0 Å². The van der Waals surface area contributed by atoms with E-state index in [1.165, 1.54) is 0 Å². The summed E-state index contributed by atoms with van der Waals surface area (Å²) in [5, 5.41) is 12.2. The number of carbonyl (C=O) groups excluding carboxylic acids is 1. The van der Waals surface area contributed by atoms with Gasteiger partial charge in [-0.25, -0.2) is 0 Å². The van der Waals surface area contributed by atoms with E-state index in [2.05, 4.69) is 5.32 Å². The summed E-state index contributed by atoms with van der Waals surface area (Å²) >= 11 is 0. The van der Waals surface area contributed by atoms with Gasteiger partial charge in [0.05, 0.1) is 32.3 Å². The summed E-state index contributed by atoms with van der Waals surface area (Å²) in [4.78, 5) is 23.8. The fourth-order valence-electron chi connectivity index (χ4n) is 3.40. The third kappa shape index (κ3) is 3.32. The van der Waals surface area contributed by atoms with Crippen molar-refractivity contribution in [3.8, 4) is 11.5 Å². The van der Waals surface area contributed by atoms with Gasteiger partial charge in [-0.15, -0.1) is 0 Å². The summed E-state index contributed by atoms with van der Waals surface area (Å²) in [5.41, 5.74) is 0.983. The first-order valence-corrected chi connectivity index (χ1v) is 8.10. The largest absolute Gasteiger partial charge is 0.493 e. The van der Waals surface area contributed by atoms with Crippen LogP contribution in [0.5, 0.6) is 11.5 Å². The molecule has 0 aliphatic carbocycles. The second-order valence-corrected chi connectivity index (χ2v) is 6.07. The van der Waals surface area contributed by atoms with Gasteiger partial charge in [-0.1, -0.05) is 18.2 Å². The predicted octanol–water partition coefficient (Wildman–Crippen LogP) is 1.02. The van der Waals surface area contributed by atoms with Crippen molar-refractivity contribution < 1.29 is 28.9 Å². The molecule has 1 aromatic carbocycles. The van der Waals surface area contributed by atoms with Crippen LogP contribution in [0.1, 0.15) is 5.56 Å². The molecular weight excluding hydrogens is 326 g/mol. The fourth-order valence-corrected chi connectivity index (χ4v) is 3.40. The number of hydrogen-bond acceptors (Lipinski definition) is 5. The van der Waals surface area contributed by atoms with E-state index in [-0.39, 0.29) is 5.91 Å². The average Bonchev–Trinajstić information content (AvgIpc) is 3.22. The Labute approximate surface area is 145 Å². The maximum Gasteiger partial charge on any atom is 0.310 e. The van der Waals surface area contributed by atoms with Crippen molar-refractivity contribution in [3.63, 3.8) is 0 Å². The van der Waals surface area contributed by atoms with E-state index >= 15 is 0 Å². The van der Waals surface area contributed by atoms with Crippen LogP contribution < -0.4 is 14.8 Å². The Bertz CT molecular complexity index is 701. The molecular formula is C18H21NO6. The number of carboxylic acid groups (broad SMARTS) is 1. The number of rotatable bonds is 7. The summed E-state index contributed by atoms with van der Waals surface area (Å²) in [6, 6.07) is 5.57. The van der Waals surface area contributed by atoms with Crippen molar-refractivity contribution in [2.45, 2.75) is 18.6 Å². The molecule has 2 N–H and O–H groups in total. The van der Waals surface area contributed by atoms with Gasteiger partial charge in [0.1, 0.15) is 5.92 Å². The number of ether oxygens (including phenoxy) is 3. The minimum absolute atomic E-state index is 0.287. The Morgan fingerprint density at radius 3 is 2.44 bits per heavy atom. The third-order valence-electron chi connectivity index (χ3n) is 4.65. The minimum atomic E-state index is -1.00. The van der Waals surface area contributed by atoms with Crippen molar-refractivity contribution >= 4 is 11.9 Å². The molecule has 7 heteroatoms. The van der Waals surface area contributed by atoms with E-state index in [1.807, 2.05) is 18.2 Å².